The Kier molecular flexibility index (Phi) is 9.21. The fraction of sp³-hybridized carbons (Fsp3) is 0.556. The highest BCUT2D eigenvalue weighted by Crippen LogP contribution is 2.17. The topological polar surface area (TPSA) is 135 Å². The van der Waals surface area contributed by atoms with Crippen LogP contribution in [0.4, 0.5) is 0 Å². The van der Waals surface area contributed by atoms with E-state index in [0.29, 0.717) is 31.9 Å². The van der Waals surface area contributed by atoms with Crippen molar-refractivity contribution in [2.24, 2.45) is 11.7 Å². The van der Waals surface area contributed by atoms with E-state index in [-0.39, 0.29) is 23.8 Å². The number of nitrogens with zero attached hydrogens (tertiary/aromatic N) is 2. The molecule has 0 aromatic carbocycles. The first-order chi connectivity index (χ1) is 12.7. The molecule has 0 bridgehead atoms. The minimum atomic E-state index is -0.833. The van der Waals surface area contributed by atoms with Gasteiger partial charge in [0.1, 0.15) is 0 Å². The number of pyridine rings is 1. The van der Waals surface area contributed by atoms with Crippen molar-refractivity contribution in [1.82, 2.24) is 15.2 Å². The van der Waals surface area contributed by atoms with Gasteiger partial charge in [0.25, 0.3) is 5.97 Å². The number of ether oxygens (including phenoxy) is 1. The molecule has 150 valence electrons. The predicted molar refractivity (Wildman–Crippen MR) is 98.9 cm³/mol. The Balaban J connectivity index is 0.000000828. The molecule has 1 saturated heterocycles. The lowest BCUT2D eigenvalue weighted by atomic mass is 10.0. The van der Waals surface area contributed by atoms with Crippen LogP contribution in [0.15, 0.2) is 18.3 Å². The van der Waals surface area contributed by atoms with Gasteiger partial charge in [-0.1, -0.05) is 6.07 Å². The third kappa shape index (κ3) is 8.50. The number of rotatable bonds is 4. The van der Waals surface area contributed by atoms with Gasteiger partial charge in [0.05, 0.1) is 13.0 Å². The second-order valence-corrected chi connectivity index (χ2v) is 6.40. The molecule has 0 saturated carbocycles. The lowest BCUT2D eigenvalue weighted by molar-refractivity contribution is -0.134. The van der Waals surface area contributed by atoms with Gasteiger partial charge in [-0.2, -0.15) is 0 Å². The van der Waals surface area contributed by atoms with Crippen molar-refractivity contribution >= 4 is 17.8 Å². The Morgan fingerprint density at radius 3 is 2.48 bits per heavy atom. The molecule has 0 unspecified atom stereocenters. The summed E-state index contributed by atoms with van der Waals surface area (Å²) in [7, 11) is 1.56. The van der Waals surface area contributed by atoms with E-state index in [1.165, 1.54) is 6.92 Å². The molecule has 1 aliphatic heterocycles. The van der Waals surface area contributed by atoms with Gasteiger partial charge >= 0.3 is 0 Å². The van der Waals surface area contributed by atoms with Gasteiger partial charge in [-0.3, -0.25) is 14.4 Å². The van der Waals surface area contributed by atoms with E-state index in [9.17, 15) is 9.59 Å². The van der Waals surface area contributed by atoms with Gasteiger partial charge in [-0.05, 0) is 18.4 Å². The van der Waals surface area contributed by atoms with Crippen molar-refractivity contribution in [2.75, 3.05) is 20.2 Å². The molecular formula is C18H28N4O5. The molecule has 0 spiro atoms. The van der Waals surface area contributed by atoms with E-state index in [1.54, 1.807) is 24.3 Å². The molecule has 0 radical (unpaired) electrons. The SMILES string of the molecule is CC(=O)O.COc1ccc(CNC(=O)[C@@H]2CC[C@H](N)CN(C(C)=O)C2)cn1. The van der Waals surface area contributed by atoms with Crippen LogP contribution in [-0.4, -0.2) is 59.0 Å². The number of carboxylic acid groups (broad SMARTS) is 1. The van der Waals surface area contributed by atoms with Crippen LogP contribution in [0.2, 0.25) is 0 Å². The van der Waals surface area contributed by atoms with Crippen LogP contribution in [0.1, 0.15) is 32.3 Å². The van der Waals surface area contributed by atoms with Crippen LogP contribution in [0.3, 0.4) is 0 Å². The number of nitrogens with one attached hydrogen (secondary N) is 1. The van der Waals surface area contributed by atoms with Gasteiger partial charge in [-0.15, -0.1) is 0 Å². The van der Waals surface area contributed by atoms with Crippen LogP contribution in [0.25, 0.3) is 0 Å². The molecule has 1 fully saturated rings. The number of hydrogen-bond acceptors (Lipinski definition) is 6. The van der Waals surface area contributed by atoms with E-state index >= 15 is 0 Å². The van der Waals surface area contributed by atoms with Gasteiger partial charge in [0, 0.05) is 51.8 Å². The number of hydrogen-bond donors (Lipinski definition) is 3. The van der Waals surface area contributed by atoms with Crippen molar-refractivity contribution in [3.8, 4) is 5.88 Å². The van der Waals surface area contributed by atoms with Gasteiger partial charge < -0.3 is 25.8 Å². The summed E-state index contributed by atoms with van der Waals surface area (Å²) in [6, 6.07) is 3.54. The first kappa shape index (κ1) is 22.4. The zero-order valence-electron chi connectivity index (χ0n) is 16.0. The number of aromatic nitrogens is 1. The summed E-state index contributed by atoms with van der Waals surface area (Å²) in [5, 5.41) is 10.3. The van der Waals surface area contributed by atoms with Crippen LogP contribution >= 0.6 is 0 Å². The second-order valence-electron chi connectivity index (χ2n) is 6.40. The summed E-state index contributed by atoms with van der Waals surface area (Å²) < 4.78 is 5.00. The molecule has 2 rings (SSSR count). The van der Waals surface area contributed by atoms with E-state index in [4.69, 9.17) is 20.4 Å². The smallest absolute Gasteiger partial charge is 0.300 e. The largest absolute Gasteiger partial charge is 0.481 e. The Morgan fingerprint density at radius 1 is 1.30 bits per heavy atom. The summed E-state index contributed by atoms with van der Waals surface area (Å²) in [6.45, 7) is 3.94. The number of amides is 2. The zero-order valence-corrected chi connectivity index (χ0v) is 16.0. The fourth-order valence-electron chi connectivity index (χ4n) is 2.66. The number of carbonyl (C=O) groups is 3. The highest BCUT2D eigenvalue weighted by Gasteiger charge is 2.28. The van der Waals surface area contributed by atoms with E-state index < -0.39 is 5.97 Å². The van der Waals surface area contributed by atoms with Crippen LogP contribution < -0.4 is 15.8 Å². The quantitative estimate of drug-likeness (QED) is 0.687. The Morgan fingerprint density at radius 2 is 1.96 bits per heavy atom. The normalized spacial score (nSPS) is 19.2. The fourth-order valence-corrected chi connectivity index (χ4v) is 2.66. The summed E-state index contributed by atoms with van der Waals surface area (Å²) in [4.78, 5) is 38.8. The number of nitrogens with two attached hydrogens (primary N) is 1. The maximum absolute atomic E-state index is 12.4. The number of carbonyl (C=O) groups excluding carboxylic acids is 2. The van der Waals surface area contributed by atoms with Crippen LogP contribution in [0.5, 0.6) is 5.88 Å². The van der Waals surface area contributed by atoms with E-state index in [2.05, 4.69) is 10.3 Å². The molecule has 9 heteroatoms. The van der Waals surface area contributed by atoms with Crippen molar-refractivity contribution < 1.29 is 24.2 Å². The highest BCUT2D eigenvalue weighted by molar-refractivity contribution is 5.80. The second kappa shape index (κ2) is 11.1. The van der Waals surface area contributed by atoms with Gasteiger partial charge in [0.2, 0.25) is 17.7 Å². The highest BCUT2D eigenvalue weighted by atomic mass is 16.5. The lowest BCUT2D eigenvalue weighted by Crippen LogP contribution is -2.42. The molecule has 0 aliphatic carbocycles. The van der Waals surface area contributed by atoms with Crippen LogP contribution in [-0.2, 0) is 20.9 Å². The Labute approximate surface area is 158 Å². The summed E-state index contributed by atoms with van der Waals surface area (Å²) in [6.07, 6.45) is 3.10. The number of methoxy groups -OCH3 is 1. The molecule has 1 aromatic heterocycles. The third-order valence-electron chi connectivity index (χ3n) is 4.07. The van der Waals surface area contributed by atoms with E-state index in [1.807, 2.05) is 6.07 Å². The molecule has 2 atom stereocenters. The molecule has 9 nitrogen and oxygen atoms in total. The third-order valence-corrected chi connectivity index (χ3v) is 4.07. The maximum Gasteiger partial charge on any atom is 0.300 e. The minimum absolute atomic E-state index is 0.0421. The summed E-state index contributed by atoms with van der Waals surface area (Å²) >= 11 is 0. The first-order valence-electron chi connectivity index (χ1n) is 8.70. The lowest BCUT2D eigenvalue weighted by Gasteiger charge is -2.23. The van der Waals surface area contributed by atoms with Gasteiger partial charge in [-0.25, -0.2) is 4.98 Å². The number of carboxylic acids is 1. The standard InChI is InChI=1S/C16H24N4O3.C2H4O2/c1-11(21)20-9-13(4-5-14(17)10-20)16(22)19-8-12-3-6-15(23-2)18-7-12;1-2(3)4/h3,6-7,13-14H,4-5,8-10,17H2,1-2H3,(H,19,22);1H3,(H,3,4)/t13-,14+;/m1./s1. The number of aliphatic carboxylic acids is 1. The predicted octanol–water partition coefficient (Wildman–Crippen LogP) is 0.383. The molecule has 2 heterocycles. The molecule has 2 amide bonds. The molecule has 4 N–H and O–H groups in total. The zero-order chi connectivity index (χ0) is 20.4. The molecule has 1 aliphatic rings. The van der Waals surface area contributed by atoms with Crippen molar-refractivity contribution in [1.29, 1.82) is 0 Å². The first-order valence-corrected chi connectivity index (χ1v) is 8.70. The average Bonchev–Trinajstić information content (AvgIpc) is 2.81. The van der Waals surface area contributed by atoms with Crippen molar-refractivity contribution in [2.45, 2.75) is 39.3 Å². The average molecular weight is 380 g/mol. The maximum atomic E-state index is 12.4. The Bertz CT molecular complexity index is 631. The van der Waals surface area contributed by atoms with Gasteiger partial charge in [0.15, 0.2) is 0 Å². The monoisotopic (exact) mass is 380 g/mol. The Hall–Kier alpha value is -2.68. The van der Waals surface area contributed by atoms with Crippen molar-refractivity contribution in [3.05, 3.63) is 23.9 Å². The van der Waals surface area contributed by atoms with E-state index in [0.717, 1.165) is 18.9 Å². The summed E-state index contributed by atoms with van der Waals surface area (Å²) in [5.74, 6) is -0.616. The number of likely N-dealkylation sites (tertiary alicyclic amines) is 1. The summed E-state index contributed by atoms with van der Waals surface area (Å²) in [5.41, 5.74) is 6.87. The van der Waals surface area contributed by atoms with Crippen molar-refractivity contribution in [3.63, 3.8) is 0 Å². The molecule has 1 aromatic rings. The van der Waals surface area contributed by atoms with Crippen LogP contribution in [0, 0.1) is 5.92 Å². The molecule has 27 heavy (non-hydrogen) atoms. The molecular weight excluding hydrogens is 352 g/mol. The minimum Gasteiger partial charge on any atom is -0.481 e.